The van der Waals surface area contributed by atoms with E-state index >= 15 is 0 Å². The number of hydrogen-bond acceptors (Lipinski definition) is 2. The summed E-state index contributed by atoms with van der Waals surface area (Å²) in [6, 6.07) is 14.8. The van der Waals surface area contributed by atoms with Gasteiger partial charge in [0.15, 0.2) is 0 Å². The lowest BCUT2D eigenvalue weighted by Crippen LogP contribution is -2.01. The van der Waals surface area contributed by atoms with Crippen molar-refractivity contribution in [3.63, 3.8) is 0 Å². The second-order valence-electron chi connectivity index (χ2n) is 3.86. The Morgan fingerprint density at radius 1 is 1.13 bits per heavy atom. The zero-order chi connectivity index (χ0) is 10.7. The standard InChI is InChI=1S/C13H14N2/c1-10(15-14)8-11-6-7-12-4-2-3-5-13(12)9-11/h2-7,9-10,14H,8H2,1H3. The van der Waals surface area contributed by atoms with Gasteiger partial charge in [-0.05, 0) is 29.7 Å². The molecule has 0 spiro atoms. The number of nitrogens with one attached hydrogen (secondary N) is 1. The van der Waals surface area contributed by atoms with Crippen molar-refractivity contribution in [1.29, 1.82) is 5.53 Å². The van der Waals surface area contributed by atoms with Gasteiger partial charge >= 0.3 is 0 Å². The van der Waals surface area contributed by atoms with E-state index < -0.39 is 0 Å². The Bertz CT molecular complexity index is 477. The lowest BCUT2D eigenvalue weighted by atomic mass is 10.0. The summed E-state index contributed by atoms with van der Waals surface area (Å²) in [5.74, 6) is 0. The quantitative estimate of drug-likeness (QED) is 0.728. The summed E-state index contributed by atoms with van der Waals surface area (Å²) < 4.78 is 0. The van der Waals surface area contributed by atoms with Crippen LogP contribution in [0.2, 0.25) is 0 Å². The summed E-state index contributed by atoms with van der Waals surface area (Å²) in [5.41, 5.74) is 8.19. The van der Waals surface area contributed by atoms with Crippen LogP contribution in [0.15, 0.2) is 47.6 Å². The molecule has 2 nitrogen and oxygen atoms in total. The first-order valence-electron chi connectivity index (χ1n) is 5.14. The summed E-state index contributed by atoms with van der Waals surface area (Å²) in [6.45, 7) is 1.96. The Hall–Kier alpha value is -1.70. The molecule has 1 unspecified atom stereocenters. The van der Waals surface area contributed by atoms with Crippen molar-refractivity contribution in [2.45, 2.75) is 19.4 Å². The van der Waals surface area contributed by atoms with Crippen LogP contribution >= 0.6 is 0 Å². The number of rotatable bonds is 3. The Balaban J connectivity index is 2.34. The van der Waals surface area contributed by atoms with E-state index in [1.165, 1.54) is 16.3 Å². The molecule has 0 amide bonds. The van der Waals surface area contributed by atoms with Gasteiger partial charge in [-0.3, -0.25) is 0 Å². The molecular formula is C13H14N2. The largest absolute Gasteiger partial charge is 0.210 e. The molecule has 0 saturated heterocycles. The van der Waals surface area contributed by atoms with Crippen LogP contribution in [0, 0.1) is 5.53 Å². The maximum atomic E-state index is 6.95. The third-order valence-electron chi connectivity index (χ3n) is 2.57. The second kappa shape index (κ2) is 4.22. The summed E-state index contributed by atoms with van der Waals surface area (Å²) in [7, 11) is 0. The zero-order valence-corrected chi connectivity index (χ0v) is 8.77. The number of hydrogen-bond donors (Lipinski definition) is 1. The van der Waals surface area contributed by atoms with Crippen LogP contribution in [0.5, 0.6) is 0 Å². The molecule has 0 aliphatic carbocycles. The first kappa shape index (κ1) is 9.84. The molecule has 15 heavy (non-hydrogen) atoms. The highest BCUT2D eigenvalue weighted by atomic mass is 15.0. The predicted octanol–water partition coefficient (Wildman–Crippen LogP) is 3.80. The van der Waals surface area contributed by atoms with Crippen molar-refractivity contribution in [3.05, 3.63) is 48.0 Å². The Kier molecular flexibility index (Phi) is 2.77. The van der Waals surface area contributed by atoms with Crippen molar-refractivity contribution >= 4 is 10.8 Å². The lowest BCUT2D eigenvalue weighted by Gasteiger charge is -2.05. The van der Waals surface area contributed by atoms with Crippen molar-refractivity contribution in [2.75, 3.05) is 0 Å². The number of benzene rings is 2. The Morgan fingerprint density at radius 3 is 2.60 bits per heavy atom. The fourth-order valence-corrected chi connectivity index (χ4v) is 1.75. The van der Waals surface area contributed by atoms with Crippen molar-refractivity contribution in [2.24, 2.45) is 5.11 Å². The van der Waals surface area contributed by atoms with Gasteiger partial charge in [-0.1, -0.05) is 42.5 Å². The maximum absolute atomic E-state index is 6.95. The average molecular weight is 198 g/mol. The molecular weight excluding hydrogens is 184 g/mol. The lowest BCUT2D eigenvalue weighted by molar-refractivity contribution is 0.678. The van der Waals surface area contributed by atoms with Gasteiger partial charge in [0.2, 0.25) is 0 Å². The van der Waals surface area contributed by atoms with Crippen LogP contribution in [-0.4, -0.2) is 6.04 Å². The Morgan fingerprint density at radius 2 is 1.87 bits per heavy atom. The fourth-order valence-electron chi connectivity index (χ4n) is 1.75. The Labute approximate surface area is 89.4 Å². The van der Waals surface area contributed by atoms with E-state index in [9.17, 15) is 0 Å². The minimum absolute atomic E-state index is 0.0752. The zero-order valence-electron chi connectivity index (χ0n) is 8.77. The van der Waals surface area contributed by atoms with Gasteiger partial charge in [0.05, 0.1) is 6.04 Å². The SMILES string of the molecule is CC(Cc1ccc2ccccc2c1)N=N. The van der Waals surface area contributed by atoms with E-state index in [2.05, 4.69) is 35.4 Å². The third kappa shape index (κ3) is 2.21. The van der Waals surface area contributed by atoms with E-state index in [1.54, 1.807) is 0 Å². The highest BCUT2D eigenvalue weighted by Gasteiger charge is 2.01. The van der Waals surface area contributed by atoms with Crippen molar-refractivity contribution < 1.29 is 0 Å². The molecule has 2 rings (SSSR count). The van der Waals surface area contributed by atoms with Gasteiger partial charge < -0.3 is 0 Å². The molecule has 2 heteroatoms. The van der Waals surface area contributed by atoms with Gasteiger partial charge in [-0.25, -0.2) is 5.53 Å². The van der Waals surface area contributed by atoms with Crippen molar-refractivity contribution in [1.82, 2.24) is 0 Å². The van der Waals surface area contributed by atoms with Crippen LogP contribution in [0.25, 0.3) is 10.8 Å². The van der Waals surface area contributed by atoms with E-state index in [0.29, 0.717) is 0 Å². The minimum Gasteiger partial charge on any atom is -0.210 e. The molecule has 0 radical (unpaired) electrons. The topological polar surface area (TPSA) is 36.2 Å². The van der Waals surface area contributed by atoms with Gasteiger partial charge in [-0.2, -0.15) is 5.11 Å². The van der Waals surface area contributed by atoms with Crippen LogP contribution in [-0.2, 0) is 6.42 Å². The minimum atomic E-state index is 0.0752. The maximum Gasteiger partial charge on any atom is 0.0717 e. The molecule has 1 atom stereocenters. The molecule has 2 aromatic rings. The smallest absolute Gasteiger partial charge is 0.0717 e. The van der Waals surface area contributed by atoms with Crippen LogP contribution in [0.3, 0.4) is 0 Å². The van der Waals surface area contributed by atoms with Crippen molar-refractivity contribution in [3.8, 4) is 0 Å². The summed E-state index contributed by atoms with van der Waals surface area (Å²) >= 11 is 0. The van der Waals surface area contributed by atoms with Crippen LogP contribution in [0.4, 0.5) is 0 Å². The van der Waals surface area contributed by atoms with E-state index in [0.717, 1.165) is 6.42 Å². The van der Waals surface area contributed by atoms with Gasteiger partial charge in [-0.15, -0.1) is 0 Å². The predicted molar refractivity (Wildman–Crippen MR) is 62.3 cm³/mol. The molecule has 0 aliphatic heterocycles. The monoisotopic (exact) mass is 198 g/mol. The normalized spacial score (nSPS) is 12.6. The van der Waals surface area contributed by atoms with E-state index in [-0.39, 0.29) is 6.04 Å². The van der Waals surface area contributed by atoms with Crippen LogP contribution in [0.1, 0.15) is 12.5 Å². The van der Waals surface area contributed by atoms with E-state index in [4.69, 9.17) is 5.53 Å². The number of nitrogens with zero attached hydrogens (tertiary/aromatic N) is 1. The molecule has 0 bridgehead atoms. The molecule has 0 aliphatic rings. The van der Waals surface area contributed by atoms with Gasteiger partial charge in [0.1, 0.15) is 0 Å². The highest BCUT2D eigenvalue weighted by molar-refractivity contribution is 5.82. The molecule has 1 N–H and O–H groups in total. The van der Waals surface area contributed by atoms with Gasteiger partial charge in [0.25, 0.3) is 0 Å². The van der Waals surface area contributed by atoms with Gasteiger partial charge in [0, 0.05) is 0 Å². The molecule has 76 valence electrons. The molecule has 0 heterocycles. The molecule has 0 saturated carbocycles. The summed E-state index contributed by atoms with van der Waals surface area (Å²) in [4.78, 5) is 0. The summed E-state index contributed by atoms with van der Waals surface area (Å²) in [5, 5.41) is 6.03. The number of fused-ring (bicyclic) bond motifs is 1. The van der Waals surface area contributed by atoms with Crippen LogP contribution < -0.4 is 0 Å². The first-order chi connectivity index (χ1) is 7.29. The first-order valence-corrected chi connectivity index (χ1v) is 5.14. The highest BCUT2D eigenvalue weighted by Crippen LogP contribution is 2.17. The fraction of sp³-hybridized carbons (Fsp3) is 0.231. The summed E-state index contributed by atoms with van der Waals surface area (Å²) in [6.07, 6.45) is 0.842. The molecule has 0 aromatic heterocycles. The second-order valence-corrected chi connectivity index (χ2v) is 3.86. The molecule has 2 aromatic carbocycles. The average Bonchev–Trinajstić information content (AvgIpc) is 2.29. The molecule has 0 fully saturated rings. The third-order valence-corrected chi connectivity index (χ3v) is 2.57. The van der Waals surface area contributed by atoms with E-state index in [1.807, 2.05) is 19.1 Å².